The van der Waals surface area contributed by atoms with Crippen molar-refractivity contribution >= 4 is 51.7 Å². The summed E-state index contributed by atoms with van der Waals surface area (Å²) < 4.78 is 11.4. The molecule has 0 fully saturated rings. The molecule has 0 spiro atoms. The van der Waals surface area contributed by atoms with Gasteiger partial charge in [-0.1, -0.05) is 22.9 Å². The number of amidine groups is 1. The molecule has 1 unspecified atom stereocenters. The number of amides is 1. The Morgan fingerprint density at radius 2 is 1.83 bits per heavy atom. The van der Waals surface area contributed by atoms with Crippen LogP contribution in [0.1, 0.15) is 29.7 Å². The van der Waals surface area contributed by atoms with Crippen molar-refractivity contribution in [3.05, 3.63) is 57.6 Å². The molecule has 0 heterocycles. The summed E-state index contributed by atoms with van der Waals surface area (Å²) in [5.74, 6) is -0.811. The van der Waals surface area contributed by atoms with Crippen molar-refractivity contribution in [1.29, 1.82) is 5.41 Å². The number of anilines is 1. The first-order valence-electron chi connectivity index (χ1n) is 8.79. The molecule has 8 nitrogen and oxygen atoms in total. The van der Waals surface area contributed by atoms with Gasteiger partial charge in [-0.05, 0) is 48.4 Å². The van der Waals surface area contributed by atoms with E-state index in [2.05, 4.69) is 21.2 Å². The van der Waals surface area contributed by atoms with Gasteiger partial charge in [0.05, 0.1) is 7.11 Å². The molecule has 10 heteroatoms. The first-order chi connectivity index (χ1) is 13.8. The van der Waals surface area contributed by atoms with Crippen molar-refractivity contribution in [3.63, 3.8) is 0 Å². The Hall–Kier alpha value is -2.78. The van der Waals surface area contributed by atoms with Crippen LogP contribution in [0.5, 0.6) is 5.75 Å². The number of hydrogen-bond donors (Lipinski definition) is 4. The van der Waals surface area contributed by atoms with Crippen molar-refractivity contribution in [1.82, 2.24) is 0 Å². The van der Waals surface area contributed by atoms with Crippen LogP contribution in [0.3, 0.4) is 0 Å². The smallest absolute Gasteiger partial charge is 0.333 e. The minimum absolute atomic E-state index is 0. The van der Waals surface area contributed by atoms with E-state index in [0.717, 1.165) is 10.0 Å². The third-order valence-electron chi connectivity index (χ3n) is 4.15. The highest BCUT2D eigenvalue weighted by Crippen LogP contribution is 2.35. The number of esters is 1. The van der Waals surface area contributed by atoms with Crippen LogP contribution in [0.4, 0.5) is 5.69 Å². The largest absolute Gasteiger partial charge is 0.483 e. The van der Waals surface area contributed by atoms with Gasteiger partial charge in [0.25, 0.3) is 5.91 Å². The Bertz CT molecular complexity index is 922. The number of benzene rings is 2. The summed E-state index contributed by atoms with van der Waals surface area (Å²) in [6.45, 7) is 1.62. The van der Waals surface area contributed by atoms with E-state index >= 15 is 0 Å². The molecule has 0 aliphatic heterocycles. The molecular weight excluding hydrogens is 476 g/mol. The number of rotatable bonds is 9. The van der Waals surface area contributed by atoms with Gasteiger partial charge < -0.3 is 26.3 Å². The number of ether oxygens (including phenoxy) is 2. The monoisotopic (exact) mass is 498 g/mol. The van der Waals surface area contributed by atoms with Crippen molar-refractivity contribution in [2.24, 2.45) is 11.5 Å². The predicted octanol–water partition coefficient (Wildman–Crippen LogP) is 2.91. The highest BCUT2D eigenvalue weighted by molar-refractivity contribution is 9.10. The fourth-order valence-corrected chi connectivity index (χ4v) is 3.29. The molecule has 2 aromatic carbocycles. The fourth-order valence-electron chi connectivity index (χ4n) is 2.76. The zero-order chi connectivity index (χ0) is 21.6. The van der Waals surface area contributed by atoms with Gasteiger partial charge in [-0.25, -0.2) is 4.79 Å². The molecule has 0 radical (unpaired) electrons. The summed E-state index contributed by atoms with van der Waals surface area (Å²) in [6, 6.07) is 9.42. The van der Waals surface area contributed by atoms with E-state index in [-0.39, 0.29) is 24.8 Å². The first-order valence-corrected chi connectivity index (χ1v) is 9.58. The van der Waals surface area contributed by atoms with E-state index in [4.69, 9.17) is 26.4 Å². The van der Waals surface area contributed by atoms with Crippen LogP contribution >= 0.6 is 28.3 Å². The van der Waals surface area contributed by atoms with Gasteiger partial charge in [0.15, 0.2) is 12.6 Å². The number of nitrogens with one attached hydrogen (secondary N) is 2. The summed E-state index contributed by atoms with van der Waals surface area (Å²) in [4.78, 5) is 23.8. The van der Waals surface area contributed by atoms with E-state index in [0.29, 0.717) is 29.0 Å². The lowest BCUT2D eigenvalue weighted by Crippen LogP contribution is -2.25. The van der Waals surface area contributed by atoms with E-state index in [9.17, 15) is 9.59 Å². The fraction of sp³-hybridized carbons (Fsp3) is 0.250. The van der Waals surface area contributed by atoms with Gasteiger partial charge in [0, 0.05) is 21.3 Å². The van der Waals surface area contributed by atoms with Crippen molar-refractivity contribution in [2.75, 3.05) is 19.0 Å². The average molecular weight is 500 g/mol. The van der Waals surface area contributed by atoms with Crippen molar-refractivity contribution < 1.29 is 19.1 Å². The van der Waals surface area contributed by atoms with E-state index in [1.807, 2.05) is 13.0 Å². The number of carbonyl (C=O) groups is 2. The zero-order valence-electron chi connectivity index (χ0n) is 16.5. The lowest BCUT2D eigenvalue weighted by Gasteiger charge is -2.23. The van der Waals surface area contributed by atoms with Gasteiger partial charge in [-0.2, -0.15) is 0 Å². The number of nitrogen functional groups attached to an aromatic ring is 1. The van der Waals surface area contributed by atoms with Crippen molar-refractivity contribution in [2.45, 2.75) is 19.4 Å². The Balaban J connectivity index is 0.00000450. The van der Waals surface area contributed by atoms with E-state index in [1.165, 1.54) is 7.11 Å². The molecular formula is C20H24BrClN4O4. The maximum absolute atomic E-state index is 12.6. The van der Waals surface area contributed by atoms with Crippen LogP contribution in [0, 0.1) is 5.41 Å². The standard InChI is InChI=1S/C20H23BrN4O4.ClH/c1-3-11-8-13(21)9-15(18(11)29-10-16(22)26)17(20(27)28-2)25-14-6-4-12(5-7-14)19(23)24;/h4-9,17,25H,3,10H2,1-2H3,(H2,22,26)(H3,23,24);1H. The van der Waals surface area contributed by atoms with Crippen LogP contribution in [-0.2, 0) is 20.7 Å². The third kappa shape index (κ3) is 6.36. The topological polar surface area (TPSA) is 141 Å². The molecule has 0 saturated heterocycles. The number of nitrogens with two attached hydrogens (primary N) is 2. The summed E-state index contributed by atoms with van der Waals surface area (Å²) in [7, 11) is 1.29. The Morgan fingerprint density at radius 3 is 2.33 bits per heavy atom. The Morgan fingerprint density at radius 1 is 1.20 bits per heavy atom. The molecule has 2 aromatic rings. The summed E-state index contributed by atoms with van der Waals surface area (Å²) in [5.41, 5.74) is 13.2. The molecule has 162 valence electrons. The van der Waals surface area contributed by atoms with E-state index < -0.39 is 17.9 Å². The zero-order valence-corrected chi connectivity index (χ0v) is 18.9. The number of carbonyl (C=O) groups excluding carboxylic acids is 2. The van der Waals surface area contributed by atoms with Gasteiger partial charge in [-0.15, -0.1) is 12.4 Å². The number of primary amides is 1. The Labute approximate surface area is 189 Å². The molecule has 6 N–H and O–H groups in total. The average Bonchev–Trinajstić information content (AvgIpc) is 2.70. The lowest BCUT2D eigenvalue weighted by molar-refractivity contribution is -0.141. The van der Waals surface area contributed by atoms with Crippen LogP contribution in [0.25, 0.3) is 0 Å². The maximum atomic E-state index is 12.6. The number of methoxy groups -OCH3 is 1. The maximum Gasteiger partial charge on any atom is 0.333 e. The van der Waals surface area contributed by atoms with Crippen molar-refractivity contribution in [3.8, 4) is 5.75 Å². The predicted molar refractivity (Wildman–Crippen MR) is 121 cm³/mol. The van der Waals surface area contributed by atoms with Gasteiger partial charge in [0.1, 0.15) is 11.6 Å². The van der Waals surface area contributed by atoms with E-state index in [1.54, 1.807) is 30.3 Å². The first kappa shape index (κ1) is 25.3. The Kier molecular flexibility index (Phi) is 9.61. The number of aryl methyl sites for hydroxylation is 1. The molecule has 0 bridgehead atoms. The van der Waals surface area contributed by atoms with Gasteiger partial charge in [0.2, 0.25) is 0 Å². The number of halogens is 2. The second-order valence-electron chi connectivity index (χ2n) is 6.18. The van der Waals surface area contributed by atoms with Crippen LogP contribution < -0.4 is 21.5 Å². The minimum Gasteiger partial charge on any atom is -0.483 e. The normalized spacial score (nSPS) is 11.0. The summed E-state index contributed by atoms with van der Waals surface area (Å²) >= 11 is 3.45. The molecule has 2 rings (SSSR count). The molecule has 0 aliphatic carbocycles. The summed E-state index contributed by atoms with van der Waals surface area (Å²) in [6.07, 6.45) is 0.613. The third-order valence-corrected chi connectivity index (χ3v) is 4.61. The molecule has 1 atom stereocenters. The van der Waals surface area contributed by atoms with Crippen LogP contribution in [0.15, 0.2) is 40.9 Å². The second kappa shape index (κ2) is 11.4. The van der Waals surface area contributed by atoms with Crippen LogP contribution in [-0.4, -0.2) is 31.4 Å². The molecule has 0 aliphatic rings. The molecule has 0 saturated carbocycles. The quantitative estimate of drug-likeness (QED) is 0.237. The van der Waals surface area contributed by atoms with Gasteiger partial charge >= 0.3 is 5.97 Å². The highest BCUT2D eigenvalue weighted by atomic mass is 79.9. The molecule has 1 amide bonds. The lowest BCUT2D eigenvalue weighted by atomic mass is 10.00. The van der Waals surface area contributed by atoms with Gasteiger partial charge in [-0.3, -0.25) is 10.2 Å². The molecule has 30 heavy (non-hydrogen) atoms. The van der Waals surface area contributed by atoms with Crippen LogP contribution in [0.2, 0.25) is 0 Å². The number of hydrogen-bond acceptors (Lipinski definition) is 6. The highest BCUT2D eigenvalue weighted by Gasteiger charge is 2.27. The SMILES string of the molecule is CCc1cc(Br)cc(C(Nc2ccc(C(=N)N)cc2)C(=O)OC)c1OCC(N)=O.Cl. The second-order valence-corrected chi connectivity index (χ2v) is 7.10. The minimum atomic E-state index is -0.908. The summed E-state index contributed by atoms with van der Waals surface area (Å²) in [5, 5.41) is 10.6. The molecule has 0 aromatic heterocycles.